The Balaban J connectivity index is 1.84. The molecule has 4 nitrogen and oxygen atoms in total. The fourth-order valence-electron chi connectivity index (χ4n) is 2.74. The third kappa shape index (κ3) is 5.06. The Morgan fingerprint density at radius 1 is 0.923 bits per heavy atom. The van der Waals surface area contributed by atoms with E-state index in [1.807, 2.05) is 24.4 Å². The van der Waals surface area contributed by atoms with Gasteiger partial charge in [0.05, 0.1) is 0 Å². The molecule has 0 aliphatic rings. The van der Waals surface area contributed by atoms with E-state index in [0.29, 0.717) is 11.9 Å². The van der Waals surface area contributed by atoms with Gasteiger partial charge in [0, 0.05) is 25.0 Å². The Kier molecular flexibility index (Phi) is 6.20. The van der Waals surface area contributed by atoms with Gasteiger partial charge in [-0.25, -0.2) is 4.98 Å². The molecule has 0 fully saturated rings. The van der Waals surface area contributed by atoms with Gasteiger partial charge >= 0.3 is 0 Å². The summed E-state index contributed by atoms with van der Waals surface area (Å²) in [6.07, 6.45) is 2.92. The summed E-state index contributed by atoms with van der Waals surface area (Å²) in [5.41, 5.74) is 2.35. The molecule has 0 spiro atoms. The average molecular weight is 346 g/mol. The highest BCUT2D eigenvalue weighted by Crippen LogP contribution is 2.26. The summed E-state index contributed by atoms with van der Waals surface area (Å²) in [6, 6.07) is 22.8. The number of para-hydroxylation sites is 1. The predicted octanol–water partition coefficient (Wildman–Crippen LogP) is 5.27. The normalized spacial score (nSPS) is 10.7. The van der Waals surface area contributed by atoms with Crippen LogP contribution in [0.5, 0.6) is 0 Å². The molecule has 0 atom stereocenters. The summed E-state index contributed by atoms with van der Waals surface area (Å²) in [7, 11) is 0. The highest BCUT2D eigenvalue weighted by atomic mass is 15.2. The molecule has 0 radical (unpaired) electrons. The Bertz CT molecular complexity index is 788. The van der Waals surface area contributed by atoms with Crippen LogP contribution in [0.2, 0.25) is 0 Å². The first-order valence-corrected chi connectivity index (χ1v) is 9.16. The van der Waals surface area contributed by atoms with Gasteiger partial charge in [-0.15, -0.1) is 0 Å². The van der Waals surface area contributed by atoms with Crippen molar-refractivity contribution in [3.05, 3.63) is 78.5 Å². The molecule has 134 valence electrons. The van der Waals surface area contributed by atoms with Crippen LogP contribution >= 0.6 is 0 Å². The van der Waals surface area contributed by atoms with Crippen molar-refractivity contribution in [2.75, 3.05) is 16.8 Å². The Labute approximate surface area is 155 Å². The second kappa shape index (κ2) is 8.99. The van der Waals surface area contributed by atoms with E-state index in [2.05, 4.69) is 77.6 Å². The van der Waals surface area contributed by atoms with E-state index in [4.69, 9.17) is 4.98 Å². The maximum absolute atomic E-state index is 4.75. The van der Waals surface area contributed by atoms with Gasteiger partial charge in [-0.2, -0.15) is 4.98 Å². The molecule has 0 aliphatic heterocycles. The topological polar surface area (TPSA) is 41.1 Å². The highest BCUT2D eigenvalue weighted by Gasteiger charge is 2.12. The van der Waals surface area contributed by atoms with Gasteiger partial charge in [0.2, 0.25) is 5.95 Å². The van der Waals surface area contributed by atoms with Crippen molar-refractivity contribution in [3.63, 3.8) is 0 Å². The van der Waals surface area contributed by atoms with Crippen LogP contribution in [0.25, 0.3) is 0 Å². The standard InChI is InChI=1S/C22H26N4/c1-18(2)13-15-23-22-24-16-14-21(25-22)26(20-11-7-4-8-12-20)17-19-9-5-3-6-10-19/h3-12,14,16,18H,13,15,17H2,1-2H3,(H,23,24,25). The van der Waals surface area contributed by atoms with Gasteiger partial charge in [-0.3, -0.25) is 0 Å². The number of anilines is 3. The van der Waals surface area contributed by atoms with Gasteiger partial charge in [-0.05, 0) is 36.1 Å². The van der Waals surface area contributed by atoms with E-state index in [1.165, 1.54) is 5.56 Å². The Morgan fingerprint density at radius 2 is 1.62 bits per heavy atom. The van der Waals surface area contributed by atoms with Gasteiger partial charge in [0.1, 0.15) is 5.82 Å². The van der Waals surface area contributed by atoms with Gasteiger partial charge in [-0.1, -0.05) is 62.4 Å². The fraction of sp³-hybridized carbons (Fsp3) is 0.273. The van der Waals surface area contributed by atoms with Crippen LogP contribution in [-0.2, 0) is 6.54 Å². The molecule has 0 unspecified atom stereocenters. The largest absolute Gasteiger partial charge is 0.354 e. The van der Waals surface area contributed by atoms with Crippen molar-refractivity contribution in [1.29, 1.82) is 0 Å². The third-order valence-corrected chi connectivity index (χ3v) is 4.17. The molecule has 1 heterocycles. The lowest BCUT2D eigenvalue weighted by Crippen LogP contribution is -2.18. The smallest absolute Gasteiger partial charge is 0.224 e. The molecule has 3 aromatic rings. The lowest BCUT2D eigenvalue weighted by Gasteiger charge is -2.24. The van der Waals surface area contributed by atoms with E-state index >= 15 is 0 Å². The molecule has 4 heteroatoms. The third-order valence-electron chi connectivity index (χ3n) is 4.17. The van der Waals surface area contributed by atoms with Crippen LogP contribution in [0, 0.1) is 5.92 Å². The monoisotopic (exact) mass is 346 g/mol. The van der Waals surface area contributed by atoms with Crippen molar-refractivity contribution < 1.29 is 0 Å². The summed E-state index contributed by atoms with van der Waals surface area (Å²) in [5.74, 6) is 2.23. The number of aromatic nitrogens is 2. The molecule has 3 rings (SSSR count). The van der Waals surface area contributed by atoms with Crippen molar-refractivity contribution in [2.45, 2.75) is 26.8 Å². The van der Waals surface area contributed by atoms with Crippen LogP contribution < -0.4 is 10.2 Å². The number of hydrogen-bond donors (Lipinski definition) is 1. The fourth-order valence-corrected chi connectivity index (χ4v) is 2.74. The maximum Gasteiger partial charge on any atom is 0.224 e. The molecule has 0 amide bonds. The van der Waals surface area contributed by atoms with E-state index in [-0.39, 0.29) is 0 Å². The summed E-state index contributed by atoms with van der Waals surface area (Å²) >= 11 is 0. The zero-order valence-corrected chi connectivity index (χ0v) is 15.5. The van der Waals surface area contributed by atoms with Crippen LogP contribution in [0.15, 0.2) is 72.9 Å². The number of hydrogen-bond acceptors (Lipinski definition) is 4. The minimum absolute atomic E-state index is 0.657. The zero-order valence-electron chi connectivity index (χ0n) is 15.5. The molecule has 2 aromatic carbocycles. The predicted molar refractivity (Wildman–Crippen MR) is 109 cm³/mol. The molecular weight excluding hydrogens is 320 g/mol. The van der Waals surface area contributed by atoms with E-state index in [0.717, 1.165) is 31.0 Å². The van der Waals surface area contributed by atoms with Crippen LogP contribution in [0.4, 0.5) is 17.5 Å². The maximum atomic E-state index is 4.75. The molecule has 1 aromatic heterocycles. The quantitative estimate of drug-likeness (QED) is 0.603. The minimum atomic E-state index is 0.657. The molecule has 26 heavy (non-hydrogen) atoms. The minimum Gasteiger partial charge on any atom is -0.354 e. The van der Waals surface area contributed by atoms with Crippen LogP contribution in [-0.4, -0.2) is 16.5 Å². The summed E-state index contributed by atoms with van der Waals surface area (Å²) < 4.78 is 0. The summed E-state index contributed by atoms with van der Waals surface area (Å²) in [6.45, 7) is 6.07. The van der Waals surface area contributed by atoms with Gasteiger partial charge in [0.15, 0.2) is 0 Å². The van der Waals surface area contributed by atoms with Gasteiger partial charge in [0.25, 0.3) is 0 Å². The van der Waals surface area contributed by atoms with Crippen molar-refractivity contribution in [2.24, 2.45) is 5.92 Å². The lowest BCUT2D eigenvalue weighted by atomic mass is 10.1. The van der Waals surface area contributed by atoms with E-state index in [1.54, 1.807) is 0 Å². The molecular formula is C22H26N4. The van der Waals surface area contributed by atoms with Crippen LogP contribution in [0.3, 0.4) is 0 Å². The number of nitrogens with one attached hydrogen (secondary N) is 1. The molecule has 0 bridgehead atoms. The Hall–Kier alpha value is -2.88. The first-order valence-electron chi connectivity index (χ1n) is 9.16. The summed E-state index contributed by atoms with van der Waals surface area (Å²) in [4.78, 5) is 11.3. The van der Waals surface area contributed by atoms with E-state index < -0.39 is 0 Å². The lowest BCUT2D eigenvalue weighted by molar-refractivity contribution is 0.606. The van der Waals surface area contributed by atoms with Crippen molar-refractivity contribution in [3.8, 4) is 0 Å². The SMILES string of the molecule is CC(C)CCNc1nccc(N(Cc2ccccc2)c2ccccc2)n1. The second-order valence-electron chi connectivity index (χ2n) is 6.76. The zero-order chi connectivity index (χ0) is 18.2. The number of benzene rings is 2. The second-order valence-corrected chi connectivity index (χ2v) is 6.76. The highest BCUT2D eigenvalue weighted by molar-refractivity contribution is 5.60. The van der Waals surface area contributed by atoms with E-state index in [9.17, 15) is 0 Å². The molecule has 0 saturated heterocycles. The van der Waals surface area contributed by atoms with Crippen molar-refractivity contribution >= 4 is 17.5 Å². The molecule has 1 N–H and O–H groups in total. The first kappa shape index (κ1) is 17.9. The number of nitrogens with zero attached hydrogens (tertiary/aromatic N) is 3. The van der Waals surface area contributed by atoms with Gasteiger partial charge < -0.3 is 10.2 Å². The van der Waals surface area contributed by atoms with Crippen molar-refractivity contribution in [1.82, 2.24) is 9.97 Å². The summed E-state index contributed by atoms with van der Waals surface area (Å²) in [5, 5.41) is 3.34. The molecule has 0 aliphatic carbocycles. The van der Waals surface area contributed by atoms with Crippen LogP contribution in [0.1, 0.15) is 25.8 Å². The average Bonchev–Trinajstić information content (AvgIpc) is 2.67. The molecule has 0 saturated carbocycles. The number of rotatable bonds is 8. The first-order chi connectivity index (χ1) is 12.7. The Morgan fingerprint density at radius 3 is 2.31 bits per heavy atom.